The SMILES string of the molecule is CN=C(NCCCc1ccccc1)NCc1ccnc(-n2ccnc2)c1.I. The van der Waals surface area contributed by atoms with E-state index in [2.05, 4.69) is 49.9 Å². The van der Waals surface area contributed by atoms with Gasteiger partial charge in [0.15, 0.2) is 5.96 Å². The lowest BCUT2D eigenvalue weighted by Crippen LogP contribution is -2.37. The van der Waals surface area contributed by atoms with Crippen molar-refractivity contribution in [1.29, 1.82) is 0 Å². The molecule has 0 radical (unpaired) electrons. The van der Waals surface area contributed by atoms with Crippen LogP contribution in [0.2, 0.25) is 0 Å². The molecule has 142 valence electrons. The van der Waals surface area contributed by atoms with E-state index in [9.17, 15) is 0 Å². The van der Waals surface area contributed by atoms with E-state index >= 15 is 0 Å². The number of nitrogens with zero attached hydrogens (tertiary/aromatic N) is 4. The molecular weight excluding hydrogens is 451 g/mol. The first-order valence-electron chi connectivity index (χ1n) is 8.77. The van der Waals surface area contributed by atoms with Gasteiger partial charge in [0.2, 0.25) is 0 Å². The molecule has 2 heterocycles. The third-order valence-electron chi connectivity index (χ3n) is 4.04. The zero-order valence-corrected chi connectivity index (χ0v) is 17.7. The zero-order valence-electron chi connectivity index (χ0n) is 15.4. The molecule has 0 aliphatic rings. The van der Waals surface area contributed by atoms with Gasteiger partial charge in [-0.05, 0) is 36.1 Å². The van der Waals surface area contributed by atoms with Crippen LogP contribution in [0.5, 0.6) is 0 Å². The molecule has 0 amide bonds. The Balaban J connectivity index is 0.00000261. The molecule has 2 aromatic heterocycles. The molecule has 7 heteroatoms. The molecule has 3 aromatic rings. The van der Waals surface area contributed by atoms with E-state index in [1.807, 2.05) is 35.2 Å². The molecule has 0 fully saturated rings. The van der Waals surface area contributed by atoms with Crippen LogP contribution in [-0.4, -0.2) is 34.1 Å². The summed E-state index contributed by atoms with van der Waals surface area (Å²) in [5.74, 6) is 1.66. The summed E-state index contributed by atoms with van der Waals surface area (Å²) in [5, 5.41) is 6.70. The van der Waals surface area contributed by atoms with E-state index in [1.165, 1.54) is 5.56 Å². The predicted octanol–water partition coefficient (Wildman–Crippen LogP) is 3.18. The Hall–Kier alpha value is -2.42. The van der Waals surface area contributed by atoms with Gasteiger partial charge in [-0.2, -0.15) is 0 Å². The van der Waals surface area contributed by atoms with Gasteiger partial charge in [-0.3, -0.25) is 9.56 Å². The second-order valence-corrected chi connectivity index (χ2v) is 5.93. The van der Waals surface area contributed by atoms with Crippen molar-refractivity contribution >= 4 is 29.9 Å². The summed E-state index contributed by atoms with van der Waals surface area (Å²) in [4.78, 5) is 12.7. The van der Waals surface area contributed by atoms with Crippen molar-refractivity contribution in [2.45, 2.75) is 19.4 Å². The number of aliphatic imine (C=N–C) groups is 1. The van der Waals surface area contributed by atoms with E-state index in [4.69, 9.17) is 0 Å². The van der Waals surface area contributed by atoms with E-state index in [0.29, 0.717) is 6.54 Å². The van der Waals surface area contributed by atoms with Crippen molar-refractivity contribution in [2.24, 2.45) is 4.99 Å². The van der Waals surface area contributed by atoms with Gasteiger partial charge in [-0.25, -0.2) is 9.97 Å². The van der Waals surface area contributed by atoms with Crippen LogP contribution >= 0.6 is 24.0 Å². The number of benzene rings is 1. The number of hydrogen-bond donors (Lipinski definition) is 2. The van der Waals surface area contributed by atoms with Gasteiger partial charge < -0.3 is 10.6 Å². The van der Waals surface area contributed by atoms with Crippen molar-refractivity contribution in [2.75, 3.05) is 13.6 Å². The molecule has 2 N–H and O–H groups in total. The molecule has 3 rings (SSSR count). The van der Waals surface area contributed by atoms with Crippen LogP contribution in [-0.2, 0) is 13.0 Å². The van der Waals surface area contributed by atoms with Gasteiger partial charge in [-0.15, -0.1) is 24.0 Å². The van der Waals surface area contributed by atoms with Crippen LogP contribution in [0.4, 0.5) is 0 Å². The van der Waals surface area contributed by atoms with Crippen LogP contribution in [0.15, 0.2) is 72.4 Å². The fourth-order valence-electron chi connectivity index (χ4n) is 2.66. The minimum absolute atomic E-state index is 0. The fourth-order valence-corrected chi connectivity index (χ4v) is 2.66. The first kappa shape index (κ1) is 20.9. The number of guanidine groups is 1. The van der Waals surface area contributed by atoms with E-state index < -0.39 is 0 Å². The number of hydrogen-bond acceptors (Lipinski definition) is 3. The second-order valence-electron chi connectivity index (χ2n) is 5.93. The maximum atomic E-state index is 4.37. The molecular formula is C20H25IN6. The number of pyridine rings is 1. The van der Waals surface area contributed by atoms with Crippen LogP contribution < -0.4 is 10.6 Å². The average molecular weight is 476 g/mol. The van der Waals surface area contributed by atoms with Gasteiger partial charge in [0.1, 0.15) is 12.1 Å². The zero-order chi connectivity index (χ0) is 18.0. The van der Waals surface area contributed by atoms with Crippen LogP contribution in [0.1, 0.15) is 17.5 Å². The number of aryl methyl sites for hydroxylation is 1. The number of rotatable bonds is 7. The third-order valence-corrected chi connectivity index (χ3v) is 4.04. The van der Waals surface area contributed by atoms with E-state index in [0.717, 1.165) is 36.7 Å². The summed E-state index contributed by atoms with van der Waals surface area (Å²) in [5.41, 5.74) is 2.50. The molecule has 0 aliphatic heterocycles. The topological polar surface area (TPSA) is 67.1 Å². The summed E-state index contributed by atoms with van der Waals surface area (Å²) in [6, 6.07) is 14.6. The summed E-state index contributed by atoms with van der Waals surface area (Å²) in [6.07, 6.45) is 9.30. The van der Waals surface area contributed by atoms with Gasteiger partial charge >= 0.3 is 0 Å². The summed E-state index contributed by atoms with van der Waals surface area (Å²) in [6.45, 7) is 1.56. The highest BCUT2D eigenvalue weighted by Gasteiger charge is 2.02. The number of imidazole rings is 1. The van der Waals surface area contributed by atoms with Gasteiger partial charge in [-0.1, -0.05) is 30.3 Å². The predicted molar refractivity (Wildman–Crippen MR) is 120 cm³/mol. The standard InChI is InChI=1S/C20H24N6.HI/c1-21-20(24-10-5-8-17-6-3-2-4-7-17)25-15-18-9-11-23-19(14-18)26-13-12-22-16-26;/h2-4,6-7,9,11-14,16H,5,8,10,15H2,1H3,(H2,21,24,25);1H. The Morgan fingerprint density at radius 3 is 2.67 bits per heavy atom. The second kappa shape index (κ2) is 11.3. The minimum atomic E-state index is 0. The minimum Gasteiger partial charge on any atom is -0.356 e. The largest absolute Gasteiger partial charge is 0.356 e. The van der Waals surface area contributed by atoms with Crippen molar-refractivity contribution in [3.63, 3.8) is 0 Å². The number of aromatic nitrogens is 3. The molecule has 0 spiro atoms. The Morgan fingerprint density at radius 2 is 1.93 bits per heavy atom. The Bertz CT molecular complexity index is 818. The lowest BCUT2D eigenvalue weighted by Gasteiger charge is -2.12. The number of nitrogens with one attached hydrogen (secondary N) is 2. The maximum absolute atomic E-state index is 4.37. The fraction of sp³-hybridized carbons (Fsp3) is 0.250. The van der Waals surface area contributed by atoms with Gasteiger partial charge in [0.05, 0.1) is 0 Å². The lowest BCUT2D eigenvalue weighted by atomic mass is 10.1. The van der Waals surface area contributed by atoms with Crippen LogP contribution in [0, 0.1) is 0 Å². The highest BCUT2D eigenvalue weighted by molar-refractivity contribution is 14.0. The first-order chi connectivity index (χ1) is 12.8. The van der Waals surface area contributed by atoms with E-state index in [1.54, 1.807) is 19.6 Å². The third kappa shape index (κ3) is 6.67. The van der Waals surface area contributed by atoms with Crippen molar-refractivity contribution in [3.05, 3.63) is 78.5 Å². The lowest BCUT2D eigenvalue weighted by molar-refractivity contribution is 0.741. The molecule has 0 bridgehead atoms. The van der Waals surface area contributed by atoms with Gasteiger partial charge in [0, 0.05) is 38.7 Å². The average Bonchev–Trinajstić information content (AvgIpc) is 3.23. The Kier molecular flexibility index (Phi) is 8.76. The maximum Gasteiger partial charge on any atom is 0.191 e. The Morgan fingerprint density at radius 1 is 1.07 bits per heavy atom. The molecule has 0 aliphatic carbocycles. The van der Waals surface area contributed by atoms with Crippen molar-refractivity contribution in [3.8, 4) is 5.82 Å². The smallest absolute Gasteiger partial charge is 0.191 e. The quantitative estimate of drug-likeness (QED) is 0.238. The molecule has 0 atom stereocenters. The molecule has 6 nitrogen and oxygen atoms in total. The summed E-state index contributed by atoms with van der Waals surface area (Å²) < 4.78 is 1.89. The Labute approximate surface area is 177 Å². The molecule has 0 unspecified atom stereocenters. The van der Waals surface area contributed by atoms with Crippen molar-refractivity contribution < 1.29 is 0 Å². The molecule has 27 heavy (non-hydrogen) atoms. The van der Waals surface area contributed by atoms with Crippen LogP contribution in [0.25, 0.3) is 5.82 Å². The van der Waals surface area contributed by atoms with Crippen molar-refractivity contribution in [1.82, 2.24) is 25.2 Å². The number of halogens is 1. The monoisotopic (exact) mass is 476 g/mol. The molecule has 0 saturated heterocycles. The summed E-state index contributed by atoms with van der Waals surface area (Å²) in [7, 11) is 1.79. The highest BCUT2D eigenvalue weighted by Crippen LogP contribution is 2.06. The van der Waals surface area contributed by atoms with Crippen LogP contribution in [0.3, 0.4) is 0 Å². The van der Waals surface area contributed by atoms with E-state index in [-0.39, 0.29) is 24.0 Å². The molecule has 0 saturated carbocycles. The summed E-state index contributed by atoms with van der Waals surface area (Å²) >= 11 is 0. The first-order valence-corrected chi connectivity index (χ1v) is 8.77. The van der Waals surface area contributed by atoms with Gasteiger partial charge in [0.25, 0.3) is 0 Å². The molecule has 1 aromatic carbocycles. The highest BCUT2D eigenvalue weighted by atomic mass is 127. The normalized spacial score (nSPS) is 10.9.